The number of amides is 1. The summed E-state index contributed by atoms with van der Waals surface area (Å²) in [6.07, 6.45) is 5.24. The molecule has 6 heteroatoms. The van der Waals surface area contributed by atoms with Crippen LogP contribution in [0.5, 0.6) is 5.75 Å². The van der Waals surface area contributed by atoms with Crippen molar-refractivity contribution in [2.75, 3.05) is 6.54 Å². The zero-order valence-corrected chi connectivity index (χ0v) is 15.9. The monoisotopic (exact) mass is 396 g/mol. The van der Waals surface area contributed by atoms with Crippen LogP contribution >= 0.6 is 0 Å². The fraction of sp³-hybridized carbons (Fsp3) is 0.304. The Bertz CT molecular complexity index is 999. The van der Waals surface area contributed by atoms with Crippen LogP contribution in [0.1, 0.15) is 36.0 Å². The van der Waals surface area contributed by atoms with Crippen LogP contribution in [-0.2, 0) is 0 Å². The van der Waals surface area contributed by atoms with Gasteiger partial charge in [-0.3, -0.25) is 9.78 Å². The molecule has 0 unspecified atom stereocenters. The van der Waals surface area contributed by atoms with Crippen LogP contribution in [0.4, 0.5) is 8.78 Å². The van der Waals surface area contributed by atoms with Crippen LogP contribution in [0.25, 0.3) is 10.9 Å². The predicted molar refractivity (Wildman–Crippen MR) is 107 cm³/mol. The van der Waals surface area contributed by atoms with Crippen LogP contribution in [-0.4, -0.2) is 23.5 Å². The molecule has 1 amide bonds. The van der Waals surface area contributed by atoms with Crippen LogP contribution in [0.2, 0.25) is 0 Å². The molecule has 29 heavy (non-hydrogen) atoms. The minimum Gasteiger partial charge on any atom is -0.490 e. The van der Waals surface area contributed by atoms with Crippen LogP contribution < -0.4 is 10.1 Å². The Morgan fingerprint density at radius 1 is 1.03 bits per heavy atom. The normalized spacial score (nSPS) is 19.1. The van der Waals surface area contributed by atoms with E-state index in [1.165, 1.54) is 30.3 Å². The number of rotatable bonds is 5. The molecule has 1 aliphatic carbocycles. The molecule has 1 aromatic heterocycles. The molecule has 1 saturated carbocycles. The van der Waals surface area contributed by atoms with E-state index in [9.17, 15) is 13.6 Å². The molecular weight excluding hydrogens is 374 g/mol. The lowest BCUT2D eigenvalue weighted by Gasteiger charge is -2.29. The molecule has 0 radical (unpaired) electrons. The highest BCUT2D eigenvalue weighted by molar-refractivity contribution is 5.94. The van der Waals surface area contributed by atoms with Crippen LogP contribution in [0.15, 0.2) is 54.7 Å². The molecule has 2 aromatic carbocycles. The van der Waals surface area contributed by atoms with E-state index in [1.54, 1.807) is 18.3 Å². The number of halogens is 2. The first-order chi connectivity index (χ1) is 14.1. The molecule has 3 aromatic rings. The lowest BCUT2D eigenvalue weighted by molar-refractivity contribution is 0.0929. The van der Waals surface area contributed by atoms with Gasteiger partial charge in [0.1, 0.15) is 22.9 Å². The van der Waals surface area contributed by atoms with Gasteiger partial charge in [-0.15, -0.1) is 0 Å². The minimum absolute atomic E-state index is 0.0629. The maximum atomic E-state index is 13.9. The Labute approximate surface area is 167 Å². The third-order valence-corrected chi connectivity index (χ3v) is 5.43. The number of pyridine rings is 1. The molecule has 0 bridgehead atoms. The molecule has 1 N–H and O–H groups in total. The minimum atomic E-state index is -0.357. The standard InChI is InChI=1S/C23H22F2N2O2/c24-17-8-6-16(7-9-17)23(28)27-14-15-4-10-18(11-5-15)29-21-12-13-26-22-19(21)2-1-3-20(22)25/h1-3,6-9,12-13,15,18H,4-5,10-11,14H2,(H,27,28). The number of benzene rings is 2. The van der Waals surface area contributed by atoms with Crippen LogP contribution in [0, 0.1) is 17.6 Å². The third kappa shape index (κ3) is 4.53. The lowest BCUT2D eigenvalue weighted by atomic mass is 9.87. The van der Waals surface area contributed by atoms with Gasteiger partial charge in [-0.1, -0.05) is 6.07 Å². The van der Waals surface area contributed by atoms with E-state index in [-0.39, 0.29) is 23.6 Å². The maximum absolute atomic E-state index is 13.9. The van der Waals surface area contributed by atoms with E-state index >= 15 is 0 Å². The summed E-state index contributed by atoms with van der Waals surface area (Å²) in [5.74, 6) is 0.139. The number of carbonyl (C=O) groups excluding carboxylic acids is 1. The topological polar surface area (TPSA) is 51.2 Å². The lowest BCUT2D eigenvalue weighted by Crippen LogP contribution is -2.33. The Balaban J connectivity index is 1.29. The molecule has 1 heterocycles. The Morgan fingerprint density at radius 2 is 1.79 bits per heavy atom. The Hall–Kier alpha value is -3.02. The smallest absolute Gasteiger partial charge is 0.251 e. The summed E-state index contributed by atoms with van der Waals surface area (Å²) in [5.41, 5.74) is 0.780. The molecule has 0 spiro atoms. The SMILES string of the molecule is O=C(NCC1CCC(Oc2ccnc3c(F)cccc23)CC1)c1ccc(F)cc1. The summed E-state index contributed by atoms with van der Waals surface area (Å²) in [6.45, 7) is 0.590. The fourth-order valence-corrected chi connectivity index (χ4v) is 3.79. The largest absolute Gasteiger partial charge is 0.490 e. The highest BCUT2D eigenvalue weighted by Gasteiger charge is 2.23. The van der Waals surface area contributed by atoms with Crippen molar-refractivity contribution in [3.63, 3.8) is 0 Å². The Kier molecular flexibility index (Phi) is 5.69. The number of nitrogens with zero attached hydrogens (tertiary/aromatic N) is 1. The van der Waals surface area contributed by atoms with E-state index in [0.717, 1.165) is 25.7 Å². The fourth-order valence-electron chi connectivity index (χ4n) is 3.79. The van der Waals surface area contributed by atoms with Crippen molar-refractivity contribution in [1.29, 1.82) is 0 Å². The highest BCUT2D eigenvalue weighted by atomic mass is 19.1. The van der Waals surface area contributed by atoms with Gasteiger partial charge >= 0.3 is 0 Å². The van der Waals surface area contributed by atoms with Gasteiger partial charge in [0.25, 0.3) is 5.91 Å². The number of fused-ring (bicyclic) bond motifs is 1. The van der Waals surface area contributed by atoms with Gasteiger partial charge in [0.2, 0.25) is 0 Å². The van der Waals surface area contributed by atoms with Gasteiger partial charge in [-0.05, 0) is 74.1 Å². The summed E-state index contributed by atoms with van der Waals surface area (Å²) in [4.78, 5) is 16.3. The van der Waals surface area contributed by atoms with Gasteiger partial charge in [0, 0.05) is 23.7 Å². The predicted octanol–water partition coefficient (Wildman–Crippen LogP) is 4.88. The Morgan fingerprint density at radius 3 is 2.55 bits per heavy atom. The summed E-state index contributed by atoms with van der Waals surface area (Å²) in [7, 11) is 0. The quantitative estimate of drug-likeness (QED) is 0.669. The van der Waals surface area contributed by atoms with Crippen molar-refractivity contribution in [2.45, 2.75) is 31.8 Å². The van der Waals surface area contributed by atoms with E-state index < -0.39 is 0 Å². The summed E-state index contributed by atoms with van der Waals surface area (Å²) >= 11 is 0. The molecule has 150 valence electrons. The van der Waals surface area contributed by atoms with Crippen molar-refractivity contribution in [3.8, 4) is 5.75 Å². The summed E-state index contributed by atoms with van der Waals surface area (Å²) in [6, 6.07) is 12.2. The van der Waals surface area contributed by atoms with E-state index in [4.69, 9.17) is 4.74 Å². The molecular formula is C23H22F2N2O2. The number of hydrogen-bond acceptors (Lipinski definition) is 3. The number of para-hydroxylation sites is 1. The molecule has 4 rings (SSSR count). The second-order valence-electron chi connectivity index (χ2n) is 7.42. The van der Waals surface area contributed by atoms with Crippen molar-refractivity contribution in [2.24, 2.45) is 5.92 Å². The van der Waals surface area contributed by atoms with Gasteiger partial charge < -0.3 is 10.1 Å². The highest BCUT2D eigenvalue weighted by Crippen LogP contribution is 2.31. The average Bonchev–Trinajstić information content (AvgIpc) is 2.74. The molecule has 4 nitrogen and oxygen atoms in total. The maximum Gasteiger partial charge on any atom is 0.251 e. The van der Waals surface area contributed by atoms with Crippen molar-refractivity contribution < 1.29 is 18.3 Å². The molecule has 0 atom stereocenters. The van der Waals surface area contributed by atoms with Crippen molar-refractivity contribution in [3.05, 3.63) is 71.9 Å². The van der Waals surface area contributed by atoms with Crippen molar-refractivity contribution >= 4 is 16.8 Å². The molecule has 0 aliphatic heterocycles. The first-order valence-electron chi connectivity index (χ1n) is 9.84. The summed E-state index contributed by atoms with van der Waals surface area (Å²) in [5, 5.41) is 3.61. The van der Waals surface area contributed by atoms with Gasteiger partial charge in [0.15, 0.2) is 0 Å². The molecule has 1 fully saturated rings. The van der Waals surface area contributed by atoms with Gasteiger partial charge in [0.05, 0.1) is 6.10 Å². The first kappa shape index (κ1) is 19.3. The second kappa shape index (κ2) is 8.55. The second-order valence-corrected chi connectivity index (χ2v) is 7.42. The zero-order chi connectivity index (χ0) is 20.2. The number of nitrogens with one attached hydrogen (secondary N) is 1. The third-order valence-electron chi connectivity index (χ3n) is 5.43. The first-order valence-corrected chi connectivity index (χ1v) is 9.84. The van der Waals surface area contributed by atoms with Gasteiger partial charge in [-0.2, -0.15) is 0 Å². The van der Waals surface area contributed by atoms with E-state index in [0.29, 0.717) is 34.7 Å². The van der Waals surface area contributed by atoms with Crippen molar-refractivity contribution in [1.82, 2.24) is 10.3 Å². The average molecular weight is 396 g/mol. The number of aromatic nitrogens is 1. The van der Waals surface area contributed by atoms with E-state index in [2.05, 4.69) is 10.3 Å². The number of hydrogen-bond donors (Lipinski definition) is 1. The van der Waals surface area contributed by atoms with Crippen LogP contribution in [0.3, 0.4) is 0 Å². The molecule has 0 saturated heterocycles. The molecule has 1 aliphatic rings. The zero-order valence-electron chi connectivity index (χ0n) is 15.9. The number of carbonyl (C=O) groups is 1. The van der Waals surface area contributed by atoms with E-state index in [1.807, 2.05) is 6.07 Å². The summed E-state index contributed by atoms with van der Waals surface area (Å²) < 4.78 is 33.0. The van der Waals surface area contributed by atoms with Gasteiger partial charge in [-0.25, -0.2) is 8.78 Å². The number of ether oxygens (including phenoxy) is 1.